The van der Waals surface area contributed by atoms with Gasteiger partial charge in [-0.3, -0.25) is 14.4 Å². The highest BCUT2D eigenvalue weighted by atomic mass is 16.7. The lowest BCUT2D eigenvalue weighted by atomic mass is 9.72. The van der Waals surface area contributed by atoms with E-state index in [1.54, 1.807) is 6.92 Å². The van der Waals surface area contributed by atoms with Crippen molar-refractivity contribution < 1.29 is 49.0 Å². The summed E-state index contributed by atoms with van der Waals surface area (Å²) in [6, 6.07) is 3.67. The third-order valence-electron chi connectivity index (χ3n) is 7.60. The van der Waals surface area contributed by atoms with Gasteiger partial charge in [-0.1, -0.05) is 12.1 Å². The van der Waals surface area contributed by atoms with E-state index >= 15 is 0 Å². The van der Waals surface area contributed by atoms with Crippen molar-refractivity contribution in [3.63, 3.8) is 0 Å². The van der Waals surface area contributed by atoms with Gasteiger partial charge in [0.1, 0.15) is 22.8 Å². The average molecular weight is 529 g/mol. The summed E-state index contributed by atoms with van der Waals surface area (Å²) in [7, 11) is 1.33. The molecule has 1 aliphatic heterocycles. The third kappa shape index (κ3) is 3.76. The first-order valence-corrected chi connectivity index (χ1v) is 12.0. The van der Waals surface area contributed by atoms with Crippen molar-refractivity contribution >= 4 is 17.5 Å². The fraction of sp³-hybridized carbons (Fsp3) is 0.423. The predicted octanol–water partition coefficient (Wildman–Crippen LogP) is -0.0748. The number of carbonyl (C=O) groups is 3. The summed E-state index contributed by atoms with van der Waals surface area (Å²) >= 11 is 0. The zero-order chi connectivity index (χ0) is 27.7. The molecule has 2 aromatic carbocycles. The van der Waals surface area contributed by atoms with Crippen LogP contribution in [-0.2, 0) is 20.7 Å². The second kappa shape index (κ2) is 9.03. The van der Waals surface area contributed by atoms with Gasteiger partial charge in [-0.2, -0.15) is 0 Å². The fourth-order valence-corrected chi connectivity index (χ4v) is 5.58. The molecule has 5 rings (SSSR count). The fourth-order valence-electron chi connectivity index (χ4n) is 5.58. The number of ketones is 2. The first kappa shape index (κ1) is 26.1. The molecule has 1 heterocycles. The van der Waals surface area contributed by atoms with Crippen molar-refractivity contribution in [1.82, 2.24) is 0 Å². The van der Waals surface area contributed by atoms with Crippen LogP contribution < -0.4 is 16.2 Å². The molecule has 1 unspecified atom stereocenters. The topological polar surface area (TPSA) is 212 Å². The molecule has 3 aliphatic rings. The number of hydrogen-bond acceptors (Lipinski definition) is 11. The quantitative estimate of drug-likeness (QED) is 0.247. The number of phenolic OH excluding ortho intramolecular Hbond substituents is 2. The Morgan fingerprint density at radius 2 is 1.82 bits per heavy atom. The van der Waals surface area contributed by atoms with Crippen LogP contribution in [0.1, 0.15) is 68.8 Å². The third-order valence-corrected chi connectivity index (χ3v) is 7.60. The van der Waals surface area contributed by atoms with E-state index < -0.39 is 89.2 Å². The van der Waals surface area contributed by atoms with Crippen molar-refractivity contribution in [2.24, 2.45) is 11.5 Å². The smallest absolute Gasteiger partial charge is 0.249 e. The molecule has 0 bridgehead atoms. The van der Waals surface area contributed by atoms with Crippen LogP contribution in [-0.4, -0.2) is 75.2 Å². The number of carbonyl (C=O) groups excluding carboxylic acids is 3. The highest BCUT2D eigenvalue weighted by Crippen LogP contribution is 2.52. The number of rotatable bonds is 4. The lowest BCUT2D eigenvalue weighted by molar-refractivity contribution is -0.247. The molecule has 38 heavy (non-hydrogen) atoms. The molecule has 1 saturated heterocycles. The van der Waals surface area contributed by atoms with Crippen LogP contribution >= 0.6 is 0 Å². The van der Waals surface area contributed by atoms with E-state index in [9.17, 15) is 34.8 Å². The minimum atomic E-state index is -2.22. The normalized spacial score (nSPS) is 30.3. The molecular formula is C26H28N2O10. The van der Waals surface area contributed by atoms with Gasteiger partial charge in [0, 0.05) is 42.0 Å². The summed E-state index contributed by atoms with van der Waals surface area (Å²) in [5.41, 5.74) is 7.96. The molecule has 2 aromatic rings. The van der Waals surface area contributed by atoms with Gasteiger partial charge in [0.25, 0.3) is 0 Å². The number of aliphatic hydroxyl groups excluding tert-OH is 1. The van der Waals surface area contributed by atoms with Crippen molar-refractivity contribution in [2.45, 2.75) is 62.4 Å². The van der Waals surface area contributed by atoms with Gasteiger partial charge in [-0.05, 0) is 13.0 Å². The lowest BCUT2D eigenvalue weighted by Crippen LogP contribution is -2.53. The summed E-state index contributed by atoms with van der Waals surface area (Å²) in [6.07, 6.45) is -4.98. The minimum Gasteiger partial charge on any atom is -0.507 e. The Morgan fingerprint density at radius 1 is 1.13 bits per heavy atom. The summed E-state index contributed by atoms with van der Waals surface area (Å²) in [6.45, 7) is 1.59. The summed E-state index contributed by atoms with van der Waals surface area (Å²) in [5.74, 6) is -3.85. The van der Waals surface area contributed by atoms with E-state index in [4.69, 9.17) is 25.7 Å². The Balaban J connectivity index is 1.68. The van der Waals surface area contributed by atoms with E-state index in [1.807, 2.05) is 0 Å². The number of phenols is 2. The molecule has 12 heteroatoms. The minimum absolute atomic E-state index is 0.0337. The summed E-state index contributed by atoms with van der Waals surface area (Å²) in [4.78, 5) is 39.3. The highest BCUT2D eigenvalue weighted by Gasteiger charge is 2.50. The van der Waals surface area contributed by atoms with Crippen molar-refractivity contribution in [2.75, 3.05) is 7.11 Å². The first-order chi connectivity index (χ1) is 17.9. The van der Waals surface area contributed by atoms with Crippen LogP contribution in [0.5, 0.6) is 17.2 Å². The first-order valence-electron chi connectivity index (χ1n) is 12.0. The summed E-state index contributed by atoms with van der Waals surface area (Å²) in [5, 5.41) is 43.9. The largest absolute Gasteiger partial charge is 0.507 e. The van der Waals surface area contributed by atoms with Crippen molar-refractivity contribution in [3.05, 3.63) is 51.6 Å². The number of hydrogen-bond donors (Lipinski definition) is 6. The van der Waals surface area contributed by atoms with Gasteiger partial charge < -0.3 is 46.1 Å². The second-order valence-corrected chi connectivity index (χ2v) is 9.94. The number of fused-ring (bicyclic) bond motifs is 3. The molecule has 12 nitrogen and oxygen atoms in total. The van der Waals surface area contributed by atoms with Gasteiger partial charge in [-0.15, -0.1) is 0 Å². The Bertz CT molecular complexity index is 1360. The molecule has 2 aliphatic carbocycles. The molecule has 1 amide bonds. The predicted molar refractivity (Wildman–Crippen MR) is 129 cm³/mol. The van der Waals surface area contributed by atoms with Crippen LogP contribution in [0.2, 0.25) is 0 Å². The number of primary amides is 1. The number of aliphatic hydroxyl groups is 2. The SMILES string of the molecule is COc1cccc2c1C(=O)c1c(O)c3c(c(O)c1C2=O)C[C@@](O)(C(N)=O)C[C@@H]3OC1C[C@H](N)[C@H](O)[C@H](C)O1. The van der Waals surface area contributed by atoms with Gasteiger partial charge in [0.15, 0.2) is 12.1 Å². The Labute approximate surface area is 216 Å². The van der Waals surface area contributed by atoms with E-state index in [0.29, 0.717) is 0 Å². The molecule has 0 saturated carbocycles. The Hall–Kier alpha value is -3.55. The molecule has 1 fully saturated rings. The number of methoxy groups -OCH3 is 1. The molecule has 0 aromatic heterocycles. The highest BCUT2D eigenvalue weighted by molar-refractivity contribution is 6.31. The molecule has 202 valence electrons. The summed E-state index contributed by atoms with van der Waals surface area (Å²) < 4.78 is 17.0. The maximum atomic E-state index is 13.6. The lowest BCUT2D eigenvalue weighted by Gasteiger charge is -2.41. The number of ether oxygens (including phenoxy) is 3. The molecule has 0 spiro atoms. The zero-order valence-corrected chi connectivity index (χ0v) is 20.6. The van der Waals surface area contributed by atoms with E-state index in [0.717, 1.165) is 0 Å². The van der Waals surface area contributed by atoms with Crippen LogP contribution in [0.4, 0.5) is 0 Å². The Morgan fingerprint density at radius 3 is 2.45 bits per heavy atom. The monoisotopic (exact) mass is 528 g/mol. The second-order valence-electron chi connectivity index (χ2n) is 9.94. The van der Waals surface area contributed by atoms with E-state index in [1.165, 1.54) is 25.3 Å². The maximum absolute atomic E-state index is 13.6. The molecule has 6 atom stereocenters. The van der Waals surface area contributed by atoms with E-state index in [2.05, 4.69) is 0 Å². The maximum Gasteiger partial charge on any atom is 0.249 e. The Kier molecular flexibility index (Phi) is 6.20. The zero-order valence-electron chi connectivity index (χ0n) is 20.6. The van der Waals surface area contributed by atoms with Crippen molar-refractivity contribution in [3.8, 4) is 17.2 Å². The molecule has 0 radical (unpaired) electrons. The number of aromatic hydroxyl groups is 2. The van der Waals surface area contributed by atoms with Crippen molar-refractivity contribution in [1.29, 1.82) is 0 Å². The standard InChI is InChI=1S/C26H28N2O10/c1-9-20(29)12(27)6-15(37-9)38-14-8-26(35,25(28)34)7-11-17(14)24(33)19-18(22(11)31)21(30)10-4-3-5-13(36-2)16(10)23(19)32/h3-5,9,12,14-15,20,29,31,33,35H,6-8,27H2,1-2H3,(H2,28,34)/t9-,12-,14-,15?,20+,26-/m0/s1. The number of nitrogens with two attached hydrogens (primary N) is 2. The average Bonchev–Trinajstić information content (AvgIpc) is 2.87. The number of amides is 1. The van der Waals surface area contributed by atoms with E-state index in [-0.39, 0.29) is 34.4 Å². The van der Waals surface area contributed by atoms with Crippen LogP contribution in [0.3, 0.4) is 0 Å². The van der Waals surface area contributed by atoms with Gasteiger partial charge in [0.2, 0.25) is 11.7 Å². The van der Waals surface area contributed by atoms with Crippen LogP contribution in [0.15, 0.2) is 18.2 Å². The van der Waals surface area contributed by atoms with Gasteiger partial charge >= 0.3 is 0 Å². The van der Waals surface area contributed by atoms with Crippen LogP contribution in [0.25, 0.3) is 0 Å². The molecular weight excluding hydrogens is 500 g/mol. The number of benzene rings is 2. The van der Waals surface area contributed by atoms with Crippen LogP contribution in [0, 0.1) is 0 Å². The van der Waals surface area contributed by atoms with Gasteiger partial charge in [0.05, 0.1) is 42.1 Å². The molecule has 8 N–H and O–H groups in total. The van der Waals surface area contributed by atoms with Gasteiger partial charge in [-0.25, -0.2) is 0 Å².